The number of hydrogen-bond acceptors (Lipinski definition) is 5. The standard InChI is InChI=1S/C25H24F4N4O2/c1-14(2)35-21-11-16(13-31-33-21)24(34)32-23-18(19-12-17(26)3-4-20(19)27)7-10-30-22(23)15-5-8-25(28,29)9-6-15/h3-4,7,10-15H,5-6,8-9H2,1-2H3,(H,32,34). The van der Waals surface area contributed by atoms with Crippen LogP contribution in [0.1, 0.15) is 61.5 Å². The maximum absolute atomic E-state index is 14.7. The highest BCUT2D eigenvalue weighted by atomic mass is 19.3. The SMILES string of the molecule is CC(C)Oc1cc(C(=O)Nc2c(-c3cc(F)ccc3F)ccnc2C2CCC(F)(F)CC2)cnn1. The summed E-state index contributed by atoms with van der Waals surface area (Å²) >= 11 is 0. The van der Waals surface area contributed by atoms with E-state index in [2.05, 4.69) is 20.5 Å². The molecule has 184 valence electrons. The molecule has 6 nitrogen and oxygen atoms in total. The molecule has 35 heavy (non-hydrogen) atoms. The van der Waals surface area contributed by atoms with Crippen molar-refractivity contribution >= 4 is 11.6 Å². The first-order valence-electron chi connectivity index (χ1n) is 11.3. The Kier molecular flexibility index (Phi) is 7.00. The van der Waals surface area contributed by atoms with E-state index in [9.17, 15) is 22.4 Å². The number of carbonyl (C=O) groups excluding carboxylic acids is 1. The molecule has 3 aromatic rings. The van der Waals surface area contributed by atoms with E-state index in [1.807, 2.05) is 0 Å². The van der Waals surface area contributed by atoms with Crippen LogP contribution in [-0.4, -0.2) is 33.1 Å². The molecular weight excluding hydrogens is 464 g/mol. The number of pyridine rings is 1. The minimum atomic E-state index is -2.76. The van der Waals surface area contributed by atoms with Gasteiger partial charge in [0.25, 0.3) is 5.91 Å². The van der Waals surface area contributed by atoms with Crippen LogP contribution in [0.5, 0.6) is 5.88 Å². The summed E-state index contributed by atoms with van der Waals surface area (Å²) < 4.78 is 61.8. The third-order valence-electron chi connectivity index (χ3n) is 5.79. The first-order valence-corrected chi connectivity index (χ1v) is 11.3. The second kappa shape index (κ2) is 9.97. The van der Waals surface area contributed by atoms with Gasteiger partial charge in [-0.15, -0.1) is 5.10 Å². The Morgan fingerprint density at radius 1 is 1.11 bits per heavy atom. The molecular formula is C25H24F4N4O2. The molecule has 0 aliphatic heterocycles. The Balaban J connectivity index is 1.76. The van der Waals surface area contributed by atoms with Gasteiger partial charge in [0, 0.05) is 42.1 Å². The van der Waals surface area contributed by atoms with Crippen molar-refractivity contribution in [3.8, 4) is 17.0 Å². The lowest BCUT2D eigenvalue weighted by atomic mass is 9.83. The van der Waals surface area contributed by atoms with Gasteiger partial charge in [0.1, 0.15) is 11.6 Å². The molecule has 0 saturated heterocycles. The topological polar surface area (TPSA) is 77.0 Å². The average molecular weight is 488 g/mol. The molecule has 0 atom stereocenters. The van der Waals surface area contributed by atoms with Crippen molar-refractivity contribution in [3.63, 3.8) is 0 Å². The van der Waals surface area contributed by atoms with Crippen molar-refractivity contribution < 1.29 is 27.1 Å². The lowest BCUT2D eigenvalue weighted by molar-refractivity contribution is -0.0384. The van der Waals surface area contributed by atoms with Gasteiger partial charge in [-0.3, -0.25) is 9.78 Å². The summed E-state index contributed by atoms with van der Waals surface area (Å²) in [4.78, 5) is 17.5. The molecule has 2 heterocycles. The molecule has 10 heteroatoms. The van der Waals surface area contributed by atoms with Gasteiger partial charge in [-0.05, 0) is 51.0 Å². The monoisotopic (exact) mass is 488 g/mol. The fourth-order valence-corrected chi connectivity index (χ4v) is 4.12. The summed E-state index contributed by atoms with van der Waals surface area (Å²) in [6.45, 7) is 3.59. The van der Waals surface area contributed by atoms with E-state index < -0.39 is 29.4 Å². The summed E-state index contributed by atoms with van der Waals surface area (Å²) in [6.07, 6.45) is 2.08. The Hall–Kier alpha value is -3.56. The Bertz CT molecular complexity index is 1230. The maximum Gasteiger partial charge on any atom is 0.257 e. The van der Waals surface area contributed by atoms with Crippen LogP contribution in [0, 0.1) is 11.6 Å². The lowest BCUT2D eigenvalue weighted by Crippen LogP contribution is -2.25. The molecule has 0 radical (unpaired) electrons. The van der Waals surface area contributed by atoms with Crippen LogP contribution in [0.25, 0.3) is 11.1 Å². The molecule has 1 aromatic carbocycles. The van der Waals surface area contributed by atoms with Gasteiger partial charge in [-0.25, -0.2) is 17.6 Å². The summed E-state index contributed by atoms with van der Waals surface area (Å²) in [5.74, 6) is -4.98. The Morgan fingerprint density at radius 3 is 2.57 bits per heavy atom. The third-order valence-corrected chi connectivity index (χ3v) is 5.79. The molecule has 2 aromatic heterocycles. The summed E-state index contributed by atoms with van der Waals surface area (Å²) in [6, 6.07) is 5.84. The second-order valence-electron chi connectivity index (χ2n) is 8.78. The van der Waals surface area contributed by atoms with E-state index in [1.54, 1.807) is 13.8 Å². The predicted octanol–water partition coefficient (Wildman–Crippen LogP) is 6.15. The molecule has 1 aliphatic rings. The molecule has 1 amide bonds. The number of halogens is 4. The average Bonchev–Trinajstić information content (AvgIpc) is 2.81. The van der Waals surface area contributed by atoms with Crippen molar-refractivity contribution in [1.82, 2.24) is 15.2 Å². The van der Waals surface area contributed by atoms with Crippen LogP contribution in [0.3, 0.4) is 0 Å². The number of anilines is 1. The van der Waals surface area contributed by atoms with Crippen LogP contribution in [0.15, 0.2) is 42.7 Å². The highest BCUT2D eigenvalue weighted by molar-refractivity contribution is 6.06. The molecule has 0 bridgehead atoms. The Morgan fingerprint density at radius 2 is 1.86 bits per heavy atom. The third kappa shape index (κ3) is 5.75. The zero-order valence-corrected chi connectivity index (χ0v) is 19.2. The van der Waals surface area contributed by atoms with Crippen molar-refractivity contribution in [2.24, 2.45) is 0 Å². The highest BCUT2D eigenvalue weighted by Gasteiger charge is 2.37. The molecule has 1 saturated carbocycles. The predicted molar refractivity (Wildman–Crippen MR) is 121 cm³/mol. The van der Waals surface area contributed by atoms with E-state index in [0.717, 1.165) is 18.2 Å². The van der Waals surface area contributed by atoms with E-state index in [4.69, 9.17) is 4.74 Å². The van der Waals surface area contributed by atoms with Crippen LogP contribution in [0.2, 0.25) is 0 Å². The van der Waals surface area contributed by atoms with Gasteiger partial charge in [0.2, 0.25) is 11.8 Å². The van der Waals surface area contributed by atoms with Gasteiger partial charge in [0.05, 0.1) is 29.2 Å². The number of hydrogen-bond donors (Lipinski definition) is 1. The number of carbonyl (C=O) groups is 1. The Labute approximate surface area is 199 Å². The minimum absolute atomic E-state index is 0.0817. The number of alkyl halides is 2. The number of amides is 1. The molecule has 1 N–H and O–H groups in total. The van der Waals surface area contributed by atoms with Crippen LogP contribution in [0.4, 0.5) is 23.2 Å². The largest absolute Gasteiger partial charge is 0.474 e. The molecule has 4 rings (SSSR count). The zero-order valence-electron chi connectivity index (χ0n) is 19.2. The fourth-order valence-electron chi connectivity index (χ4n) is 4.12. The van der Waals surface area contributed by atoms with Crippen LogP contribution in [-0.2, 0) is 0 Å². The van der Waals surface area contributed by atoms with E-state index in [0.29, 0.717) is 5.69 Å². The zero-order chi connectivity index (χ0) is 25.2. The molecule has 0 unspecified atom stereocenters. The summed E-state index contributed by atoms with van der Waals surface area (Å²) in [5, 5.41) is 10.4. The number of aromatic nitrogens is 3. The molecule has 1 aliphatic carbocycles. The number of rotatable bonds is 6. The second-order valence-corrected chi connectivity index (χ2v) is 8.78. The number of nitrogens with one attached hydrogen (secondary N) is 1. The number of nitrogens with zero attached hydrogens (tertiary/aromatic N) is 3. The molecule has 1 fully saturated rings. The first-order chi connectivity index (χ1) is 16.6. The van der Waals surface area contributed by atoms with Gasteiger partial charge < -0.3 is 10.1 Å². The van der Waals surface area contributed by atoms with Crippen molar-refractivity contribution in [3.05, 3.63) is 65.6 Å². The van der Waals surface area contributed by atoms with Gasteiger partial charge >= 0.3 is 0 Å². The maximum atomic E-state index is 14.7. The van der Waals surface area contributed by atoms with E-state index >= 15 is 0 Å². The normalized spacial score (nSPS) is 15.7. The van der Waals surface area contributed by atoms with Crippen molar-refractivity contribution in [2.75, 3.05) is 5.32 Å². The van der Waals surface area contributed by atoms with Crippen LogP contribution < -0.4 is 10.1 Å². The fraction of sp³-hybridized carbons (Fsp3) is 0.360. The summed E-state index contributed by atoms with van der Waals surface area (Å²) in [7, 11) is 0. The quantitative estimate of drug-likeness (QED) is 0.421. The van der Waals surface area contributed by atoms with Gasteiger partial charge in [-0.1, -0.05) is 0 Å². The van der Waals surface area contributed by atoms with Crippen molar-refractivity contribution in [1.29, 1.82) is 0 Å². The number of ether oxygens (including phenoxy) is 1. The van der Waals surface area contributed by atoms with E-state index in [-0.39, 0.29) is 60.0 Å². The minimum Gasteiger partial charge on any atom is -0.474 e. The first kappa shape index (κ1) is 24.6. The van der Waals surface area contributed by atoms with E-state index in [1.165, 1.54) is 24.5 Å². The molecule has 0 spiro atoms. The van der Waals surface area contributed by atoms with Gasteiger partial charge in [0.15, 0.2) is 0 Å². The van der Waals surface area contributed by atoms with Gasteiger partial charge in [-0.2, -0.15) is 5.10 Å². The van der Waals surface area contributed by atoms with Crippen molar-refractivity contribution in [2.45, 2.75) is 57.5 Å². The van der Waals surface area contributed by atoms with Crippen LogP contribution >= 0.6 is 0 Å². The smallest absolute Gasteiger partial charge is 0.257 e. The number of benzene rings is 1. The highest BCUT2D eigenvalue weighted by Crippen LogP contribution is 2.44. The summed E-state index contributed by atoms with van der Waals surface area (Å²) in [5.41, 5.74) is 0.711. The lowest BCUT2D eigenvalue weighted by Gasteiger charge is -2.29.